The lowest BCUT2D eigenvalue weighted by molar-refractivity contribution is -0.132. The van der Waals surface area contributed by atoms with Gasteiger partial charge in [0.15, 0.2) is 0 Å². The Morgan fingerprint density at radius 1 is 1.06 bits per heavy atom. The van der Waals surface area contributed by atoms with Crippen LogP contribution in [0.3, 0.4) is 0 Å². The van der Waals surface area contributed by atoms with E-state index in [0.29, 0.717) is 23.6 Å². The first kappa shape index (κ1) is 21.6. The van der Waals surface area contributed by atoms with Gasteiger partial charge < -0.3 is 15.2 Å². The number of carbonyl (C=O) groups is 2. The Hall–Kier alpha value is -3.64. The predicted molar refractivity (Wildman–Crippen MR) is 125 cm³/mol. The molecule has 0 aliphatic heterocycles. The molecule has 0 saturated carbocycles. The number of nitrogens with zero attached hydrogens (tertiary/aromatic N) is 2. The highest BCUT2D eigenvalue weighted by molar-refractivity contribution is 6.33. The van der Waals surface area contributed by atoms with Crippen LogP contribution in [0.2, 0.25) is 5.02 Å². The third kappa shape index (κ3) is 4.81. The van der Waals surface area contributed by atoms with Crippen LogP contribution in [0.1, 0.15) is 21.6 Å². The number of carbonyl (C=O) groups excluding carboxylic acids is 2. The highest BCUT2D eigenvalue weighted by Crippen LogP contribution is 2.21. The number of rotatable bonds is 7. The van der Waals surface area contributed by atoms with Gasteiger partial charge in [-0.15, -0.1) is 0 Å². The molecule has 1 unspecified atom stereocenters. The average molecular weight is 447 g/mol. The van der Waals surface area contributed by atoms with Gasteiger partial charge in [0.25, 0.3) is 5.91 Å². The van der Waals surface area contributed by atoms with Crippen LogP contribution in [0.15, 0.2) is 79.1 Å². The first-order valence-corrected chi connectivity index (χ1v) is 10.7. The van der Waals surface area contributed by atoms with E-state index in [1.54, 1.807) is 42.4 Å². The van der Waals surface area contributed by atoms with E-state index in [1.807, 2.05) is 48.7 Å². The van der Waals surface area contributed by atoms with Crippen molar-refractivity contribution in [1.29, 1.82) is 0 Å². The zero-order valence-corrected chi connectivity index (χ0v) is 18.3. The molecule has 0 fully saturated rings. The SMILES string of the molecule is CN(Cc1ccccn1)C(=O)C(Cc1c[nH]c2ccccc12)NC(=O)c1ccccc1Cl. The summed E-state index contributed by atoms with van der Waals surface area (Å²) in [6, 6.07) is 19.5. The van der Waals surface area contributed by atoms with Crippen LogP contribution in [0.25, 0.3) is 10.9 Å². The van der Waals surface area contributed by atoms with Gasteiger partial charge in [-0.1, -0.05) is 48.0 Å². The van der Waals surface area contributed by atoms with Crippen LogP contribution >= 0.6 is 11.6 Å². The highest BCUT2D eigenvalue weighted by Gasteiger charge is 2.26. The fourth-order valence-electron chi connectivity index (χ4n) is 3.68. The van der Waals surface area contributed by atoms with Gasteiger partial charge in [-0.05, 0) is 35.9 Å². The second-order valence-corrected chi connectivity index (χ2v) is 7.99. The zero-order chi connectivity index (χ0) is 22.5. The van der Waals surface area contributed by atoms with Gasteiger partial charge in [0.05, 0.1) is 22.8 Å². The number of pyridine rings is 1. The Morgan fingerprint density at radius 3 is 2.59 bits per heavy atom. The van der Waals surface area contributed by atoms with E-state index < -0.39 is 6.04 Å². The summed E-state index contributed by atoms with van der Waals surface area (Å²) in [6.45, 7) is 0.339. The van der Waals surface area contributed by atoms with Crippen LogP contribution < -0.4 is 5.32 Å². The molecule has 7 heteroatoms. The Kier molecular flexibility index (Phi) is 6.52. The van der Waals surface area contributed by atoms with Crippen molar-refractivity contribution >= 4 is 34.3 Å². The number of likely N-dealkylation sites (N-methyl/N-ethyl adjacent to an activating group) is 1. The number of hydrogen-bond acceptors (Lipinski definition) is 3. The lowest BCUT2D eigenvalue weighted by atomic mass is 10.0. The summed E-state index contributed by atoms with van der Waals surface area (Å²) in [5.74, 6) is -0.596. The third-order valence-electron chi connectivity index (χ3n) is 5.32. The summed E-state index contributed by atoms with van der Waals surface area (Å²) >= 11 is 6.20. The van der Waals surface area contributed by atoms with E-state index in [-0.39, 0.29) is 11.8 Å². The summed E-state index contributed by atoms with van der Waals surface area (Å²) in [5, 5.41) is 4.25. The van der Waals surface area contributed by atoms with Crippen molar-refractivity contribution in [3.05, 3.63) is 101 Å². The fourth-order valence-corrected chi connectivity index (χ4v) is 3.90. The number of fused-ring (bicyclic) bond motifs is 1. The number of amides is 2. The molecule has 0 bridgehead atoms. The first-order valence-electron chi connectivity index (χ1n) is 10.3. The highest BCUT2D eigenvalue weighted by atomic mass is 35.5. The second kappa shape index (κ2) is 9.66. The summed E-state index contributed by atoms with van der Waals surface area (Å²) in [4.78, 5) is 35.5. The van der Waals surface area contributed by atoms with Crippen molar-refractivity contribution in [1.82, 2.24) is 20.2 Å². The maximum Gasteiger partial charge on any atom is 0.253 e. The summed E-state index contributed by atoms with van der Waals surface area (Å²) in [5.41, 5.74) is 3.03. The standard InChI is InChI=1S/C25H23ClN4O2/c1-30(16-18-8-6-7-13-27-18)25(32)23(29-24(31)20-10-2-4-11-21(20)26)14-17-15-28-22-12-5-3-9-19(17)22/h2-13,15,23,28H,14,16H2,1H3,(H,29,31). The number of para-hydroxylation sites is 1. The van der Waals surface area contributed by atoms with Crippen molar-refractivity contribution in [2.45, 2.75) is 19.0 Å². The molecule has 2 amide bonds. The van der Waals surface area contributed by atoms with Gasteiger partial charge in [-0.3, -0.25) is 14.6 Å². The van der Waals surface area contributed by atoms with E-state index in [0.717, 1.165) is 22.2 Å². The quantitative estimate of drug-likeness (QED) is 0.446. The molecular formula is C25H23ClN4O2. The predicted octanol–water partition coefficient (Wildman–Crippen LogP) is 4.22. The Morgan fingerprint density at radius 2 is 1.81 bits per heavy atom. The van der Waals surface area contributed by atoms with Crippen LogP contribution in [-0.4, -0.2) is 39.8 Å². The normalized spacial score (nSPS) is 11.8. The van der Waals surface area contributed by atoms with Crippen LogP contribution in [-0.2, 0) is 17.8 Å². The van der Waals surface area contributed by atoms with Gasteiger partial charge in [-0.2, -0.15) is 0 Å². The van der Waals surface area contributed by atoms with Crippen LogP contribution in [0.4, 0.5) is 0 Å². The molecule has 32 heavy (non-hydrogen) atoms. The molecular weight excluding hydrogens is 424 g/mol. The topological polar surface area (TPSA) is 78.1 Å². The van der Waals surface area contributed by atoms with E-state index in [2.05, 4.69) is 15.3 Å². The molecule has 0 aliphatic rings. The molecule has 4 aromatic rings. The molecule has 4 rings (SSSR count). The molecule has 6 nitrogen and oxygen atoms in total. The molecule has 0 aliphatic carbocycles. The number of hydrogen-bond donors (Lipinski definition) is 2. The average Bonchev–Trinajstić information content (AvgIpc) is 3.22. The van der Waals surface area contributed by atoms with Crippen molar-refractivity contribution in [2.24, 2.45) is 0 Å². The van der Waals surface area contributed by atoms with Gasteiger partial charge in [0.2, 0.25) is 5.91 Å². The maximum absolute atomic E-state index is 13.4. The van der Waals surface area contributed by atoms with Gasteiger partial charge in [-0.25, -0.2) is 0 Å². The summed E-state index contributed by atoms with van der Waals surface area (Å²) < 4.78 is 0. The van der Waals surface area contributed by atoms with E-state index in [1.165, 1.54) is 0 Å². The van der Waals surface area contributed by atoms with E-state index in [4.69, 9.17) is 11.6 Å². The lowest BCUT2D eigenvalue weighted by Gasteiger charge is -2.24. The van der Waals surface area contributed by atoms with E-state index >= 15 is 0 Å². The Labute approximate surface area is 191 Å². The molecule has 0 spiro atoms. The van der Waals surface area contributed by atoms with Gasteiger partial charge in [0.1, 0.15) is 6.04 Å². The third-order valence-corrected chi connectivity index (χ3v) is 5.65. The number of aromatic nitrogens is 2. The number of nitrogens with one attached hydrogen (secondary N) is 2. The van der Waals surface area contributed by atoms with Crippen molar-refractivity contribution in [3.8, 4) is 0 Å². The molecule has 2 N–H and O–H groups in total. The molecule has 1 atom stereocenters. The lowest BCUT2D eigenvalue weighted by Crippen LogP contribution is -2.48. The Balaban J connectivity index is 1.60. The van der Waals surface area contributed by atoms with Crippen molar-refractivity contribution in [3.63, 3.8) is 0 Å². The van der Waals surface area contributed by atoms with Gasteiger partial charge >= 0.3 is 0 Å². The molecule has 2 heterocycles. The molecule has 2 aromatic carbocycles. The van der Waals surface area contributed by atoms with Gasteiger partial charge in [0, 0.05) is 36.8 Å². The first-order chi connectivity index (χ1) is 15.5. The number of H-pyrrole nitrogens is 1. The maximum atomic E-state index is 13.4. The second-order valence-electron chi connectivity index (χ2n) is 7.58. The zero-order valence-electron chi connectivity index (χ0n) is 17.6. The molecule has 0 saturated heterocycles. The van der Waals surface area contributed by atoms with Crippen LogP contribution in [0.5, 0.6) is 0 Å². The van der Waals surface area contributed by atoms with Crippen molar-refractivity contribution in [2.75, 3.05) is 7.05 Å². The fraction of sp³-hybridized carbons (Fsp3) is 0.160. The molecule has 2 aromatic heterocycles. The molecule has 162 valence electrons. The number of aromatic amines is 1. The van der Waals surface area contributed by atoms with Crippen LogP contribution in [0, 0.1) is 0 Å². The summed E-state index contributed by atoms with van der Waals surface area (Å²) in [7, 11) is 1.71. The van der Waals surface area contributed by atoms with Crippen molar-refractivity contribution < 1.29 is 9.59 Å². The monoisotopic (exact) mass is 446 g/mol. The smallest absolute Gasteiger partial charge is 0.253 e. The number of halogens is 1. The minimum atomic E-state index is -0.772. The largest absolute Gasteiger partial charge is 0.361 e. The number of benzene rings is 2. The minimum absolute atomic E-state index is 0.207. The van der Waals surface area contributed by atoms with E-state index in [9.17, 15) is 9.59 Å². The molecule has 0 radical (unpaired) electrons. The Bertz CT molecular complexity index is 1240. The summed E-state index contributed by atoms with van der Waals surface area (Å²) in [6.07, 6.45) is 3.91. The minimum Gasteiger partial charge on any atom is -0.361 e.